The first-order valence-corrected chi connectivity index (χ1v) is 9.80. The van der Waals surface area contributed by atoms with Gasteiger partial charge in [-0.1, -0.05) is 37.6 Å². The molecule has 1 aliphatic carbocycles. The second-order valence-corrected chi connectivity index (χ2v) is 7.53. The van der Waals surface area contributed by atoms with Crippen LogP contribution in [-0.2, 0) is 17.8 Å². The molecule has 0 heterocycles. The van der Waals surface area contributed by atoms with E-state index >= 15 is 0 Å². The summed E-state index contributed by atoms with van der Waals surface area (Å²) in [5, 5.41) is 6.97. The van der Waals surface area contributed by atoms with Crippen LogP contribution in [-0.4, -0.2) is 51.8 Å². The zero-order valence-electron chi connectivity index (χ0n) is 17.0. The van der Waals surface area contributed by atoms with E-state index in [1.807, 2.05) is 7.05 Å². The summed E-state index contributed by atoms with van der Waals surface area (Å²) < 4.78 is 5.28. The average Bonchev–Trinajstić information content (AvgIpc) is 2.63. The van der Waals surface area contributed by atoms with Crippen molar-refractivity contribution in [2.45, 2.75) is 45.7 Å². The predicted molar refractivity (Wildman–Crippen MR) is 109 cm³/mol. The normalized spacial score (nSPS) is 16.4. The number of aliphatic imine (C=N–C) groups is 1. The predicted octanol–water partition coefficient (Wildman–Crippen LogP) is 3.01. The number of nitrogens with zero attached hydrogens (tertiary/aromatic N) is 2. The third-order valence-electron chi connectivity index (χ3n) is 5.55. The number of hydrogen-bond acceptors (Lipinski definition) is 3. The van der Waals surface area contributed by atoms with E-state index < -0.39 is 0 Å². The highest BCUT2D eigenvalue weighted by Gasteiger charge is 2.36. The van der Waals surface area contributed by atoms with Gasteiger partial charge in [0.25, 0.3) is 0 Å². The van der Waals surface area contributed by atoms with Crippen molar-refractivity contribution in [1.82, 2.24) is 15.5 Å². The Bertz CT molecular complexity index is 569. The lowest BCUT2D eigenvalue weighted by Gasteiger charge is -2.42. The summed E-state index contributed by atoms with van der Waals surface area (Å²) in [6.07, 6.45) is 5.03. The summed E-state index contributed by atoms with van der Waals surface area (Å²) in [5.41, 5.74) is 3.02. The van der Waals surface area contributed by atoms with Crippen molar-refractivity contribution in [2.24, 2.45) is 10.4 Å². The minimum atomic E-state index is 0.387. The molecule has 146 valence electrons. The number of ether oxygens (including phenoxy) is 1. The summed E-state index contributed by atoms with van der Waals surface area (Å²) in [6.45, 7) is 6.82. The van der Waals surface area contributed by atoms with E-state index in [1.54, 1.807) is 7.11 Å². The van der Waals surface area contributed by atoms with E-state index in [2.05, 4.69) is 58.8 Å². The molecule has 0 spiro atoms. The monoisotopic (exact) mass is 360 g/mol. The van der Waals surface area contributed by atoms with E-state index in [9.17, 15) is 0 Å². The Morgan fingerprint density at radius 1 is 1.27 bits per heavy atom. The Morgan fingerprint density at radius 2 is 2.04 bits per heavy atom. The Balaban J connectivity index is 1.82. The molecule has 2 N–H and O–H groups in total. The maximum atomic E-state index is 5.28. The van der Waals surface area contributed by atoms with E-state index in [4.69, 9.17) is 4.74 Å². The second kappa shape index (κ2) is 10.5. The standard InChI is InChI=1S/C21H36N4O/c1-5-25(3)16-19-9-6-8-18(14-19)15-23-20(22-2)24-17-21(10-7-11-21)12-13-26-4/h6,8-9,14H,5,7,10-13,15-17H2,1-4H3,(H2,22,23,24). The highest BCUT2D eigenvalue weighted by Crippen LogP contribution is 2.43. The highest BCUT2D eigenvalue weighted by molar-refractivity contribution is 5.79. The number of benzene rings is 1. The van der Waals surface area contributed by atoms with E-state index in [0.717, 1.165) is 45.2 Å². The van der Waals surface area contributed by atoms with Crippen LogP contribution in [0.5, 0.6) is 0 Å². The lowest BCUT2D eigenvalue weighted by molar-refractivity contribution is 0.0732. The Morgan fingerprint density at radius 3 is 2.65 bits per heavy atom. The van der Waals surface area contributed by atoms with Gasteiger partial charge < -0.3 is 20.3 Å². The van der Waals surface area contributed by atoms with Crippen molar-refractivity contribution in [1.29, 1.82) is 0 Å². The lowest BCUT2D eigenvalue weighted by atomic mass is 9.67. The minimum Gasteiger partial charge on any atom is -0.385 e. The largest absolute Gasteiger partial charge is 0.385 e. The SMILES string of the molecule is CCN(C)Cc1cccc(CNC(=NC)NCC2(CCOC)CCC2)c1. The molecule has 1 saturated carbocycles. The molecule has 0 atom stereocenters. The molecule has 5 heteroatoms. The van der Waals surface area contributed by atoms with E-state index in [1.165, 1.54) is 30.4 Å². The molecular weight excluding hydrogens is 324 g/mol. The molecule has 0 amide bonds. The van der Waals surface area contributed by atoms with E-state index in [0.29, 0.717) is 5.41 Å². The van der Waals surface area contributed by atoms with Gasteiger partial charge in [-0.2, -0.15) is 0 Å². The van der Waals surface area contributed by atoms with Gasteiger partial charge in [0.05, 0.1) is 0 Å². The number of rotatable bonds is 10. The van der Waals surface area contributed by atoms with Gasteiger partial charge in [0.1, 0.15) is 0 Å². The van der Waals surface area contributed by atoms with E-state index in [-0.39, 0.29) is 0 Å². The van der Waals surface area contributed by atoms with Gasteiger partial charge in [-0.15, -0.1) is 0 Å². The smallest absolute Gasteiger partial charge is 0.191 e. The highest BCUT2D eigenvalue weighted by atomic mass is 16.5. The zero-order valence-corrected chi connectivity index (χ0v) is 17.0. The fraction of sp³-hybridized carbons (Fsp3) is 0.667. The topological polar surface area (TPSA) is 48.9 Å². The minimum absolute atomic E-state index is 0.387. The van der Waals surface area contributed by atoms with Gasteiger partial charge in [0, 0.05) is 40.4 Å². The molecule has 0 bridgehead atoms. The van der Waals surface area contributed by atoms with Crippen LogP contribution in [0, 0.1) is 5.41 Å². The fourth-order valence-corrected chi connectivity index (χ4v) is 3.45. The molecule has 1 fully saturated rings. The van der Waals surface area contributed by atoms with Crippen LogP contribution < -0.4 is 10.6 Å². The van der Waals surface area contributed by atoms with Gasteiger partial charge in [0.15, 0.2) is 5.96 Å². The molecule has 0 saturated heterocycles. The van der Waals surface area contributed by atoms with Crippen LogP contribution in [0.25, 0.3) is 0 Å². The molecule has 1 aliphatic rings. The quantitative estimate of drug-likeness (QED) is 0.497. The van der Waals surface area contributed by atoms with Gasteiger partial charge in [-0.25, -0.2) is 0 Å². The first kappa shape index (κ1) is 20.7. The molecule has 0 unspecified atom stereocenters. The van der Waals surface area contributed by atoms with Crippen LogP contribution in [0.2, 0.25) is 0 Å². The maximum Gasteiger partial charge on any atom is 0.191 e. The molecule has 26 heavy (non-hydrogen) atoms. The van der Waals surface area contributed by atoms with Gasteiger partial charge >= 0.3 is 0 Å². The third-order valence-corrected chi connectivity index (χ3v) is 5.55. The van der Waals surface area contributed by atoms with Crippen LogP contribution in [0.1, 0.15) is 43.7 Å². The summed E-state index contributed by atoms with van der Waals surface area (Å²) in [4.78, 5) is 6.69. The third kappa shape index (κ3) is 6.29. The van der Waals surface area contributed by atoms with Gasteiger partial charge in [-0.3, -0.25) is 4.99 Å². The summed E-state index contributed by atoms with van der Waals surface area (Å²) in [7, 11) is 5.77. The molecule has 2 rings (SSSR count). The summed E-state index contributed by atoms with van der Waals surface area (Å²) >= 11 is 0. The Hall–Kier alpha value is -1.59. The van der Waals surface area contributed by atoms with Crippen LogP contribution in [0.15, 0.2) is 29.3 Å². The van der Waals surface area contributed by atoms with Crippen molar-refractivity contribution in [3.05, 3.63) is 35.4 Å². The van der Waals surface area contributed by atoms with Crippen molar-refractivity contribution in [2.75, 3.05) is 40.9 Å². The summed E-state index contributed by atoms with van der Waals surface area (Å²) in [6, 6.07) is 8.78. The Kier molecular flexibility index (Phi) is 8.39. The Labute approximate surface area is 159 Å². The molecule has 0 radical (unpaired) electrons. The van der Waals surface area contributed by atoms with Crippen LogP contribution in [0.3, 0.4) is 0 Å². The number of guanidine groups is 1. The lowest BCUT2D eigenvalue weighted by Crippen LogP contribution is -2.46. The zero-order chi connectivity index (χ0) is 18.8. The fourth-order valence-electron chi connectivity index (χ4n) is 3.45. The van der Waals surface area contributed by atoms with Gasteiger partial charge in [0.2, 0.25) is 0 Å². The van der Waals surface area contributed by atoms with Crippen LogP contribution >= 0.6 is 0 Å². The number of nitrogens with one attached hydrogen (secondary N) is 2. The van der Waals surface area contributed by atoms with Crippen molar-refractivity contribution < 1.29 is 4.74 Å². The van der Waals surface area contributed by atoms with Crippen molar-refractivity contribution in [3.63, 3.8) is 0 Å². The molecule has 0 aromatic heterocycles. The van der Waals surface area contributed by atoms with Crippen LogP contribution in [0.4, 0.5) is 0 Å². The first-order valence-electron chi connectivity index (χ1n) is 9.80. The van der Waals surface area contributed by atoms with Crippen molar-refractivity contribution in [3.8, 4) is 0 Å². The average molecular weight is 361 g/mol. The molecular formula is C21H36N4O. The molecule has 0 aliphatic heterocycles. The number of methoxy groups -OCH3 is 1. The van der Waals surface area contributed by atoms with Crippen molar-refractivity contribution >= 4 is 5.96 Å². The molecule has 1 aromatic rings. The first-order chi connectivity index (χ1) is 12.6. The number of hydrogen-bond donors (Lipinski definition) is 2. The second-order valence-electron chi connectivity index (χ2n) is 7.53. The summed E-state index contributed by atoms with van der Waals surface area (Å²) in [5.74, 6) is 0.879. The molecule has 5 nitrogen and oxygen atoms in total. The molecule has 1 aromatic carbocycles. The van der Waals surface area contributed by atoms with Gasteiger partial charge in [-0.05, 0) is 49.4 Å². The maximum absolute atomic E-state index is 5.28.